The van der Waals surface area contributed by atoms with Gasteiger partial charge in [-0.25, -0.2) is 9.96 Å². The molecule has 0 radical (unpaired) electrons. The third-order valence-electron chi connectivity index (χ3n) is 5.86. The van der Waals surface area contributed by atoms with Gasteiger partial charge >= 0.3 is 0 Å². The third kappa shape index (κ3) is 3.39. The number of anilines is 2. The van der Waals surface area contributed by atoms with E-state index < -0.39 is 34.8 Å². The number of hydrogen-bond donors (Lipinski definition) is 0. The number of carbonyl (C=O) groups is 2. The van der Waals surface area contributed by atoms with Crippen molar-refractivity contribution in [2.75, 3.05) is 17.1 Å². The Labute approximate surface area is 188 Å². The van der Waals surface area contributed by atoms with Gasteiger partial charge in [0.25, 0.3) is 11.6 Å². The van der Waals surface area contributed by atoms with Crippen molar-refractivity contribution < 1.29 is 24.1 Å². The molecule has 2 amide bonds. The zero-order chi connectivity index (χ0) is 23.1. The predicted molar refractivity (Wildman–Crippen MR) is 119 cm³/mol. The largest absolute Gasteiger partial charge is 0.497 e. The molecule has 2 heterocycles. The summed E-state index contributed by atoms with van der Waals surface area (Å²) in [5, 5.41) is 12.8. The van der Waals surface area contributed by atoms with E-state index in [2.05, 4.69) is 0 Å². The molecule has 0 aromatic heterocycles. The van der Waals surface area contributed by atoms with Gasteiger partial charge in [-0.15, -0.1) is 0 Å². The lowest BCUT2D eigenvalue weighted by atomic mass is 9.90. The van der Waals surface area contributed by atoms with E-state index in [4.69, 9.17) is 9.57 Å². The summed E-state index contributed by atoms with van der Waals surface area (Å²) in [6.07, 6.45) is -1.06. The van der Waals surface area contributed by atoms with E-state index in [0.29, 0.717) is 11.4 Å². The normalized spacial score (nSPS) is 21.9. The molecule has 0 N–H and O–H groups in total. The Bertz CT molecular complexity index is 1250. The van der Waals surface area contributed by atoms with Gasteiger partial charge in [0.2, 0.25) is 5.91 Å². The molecule has 2 aliphatic rings. The van der Waals surface area contributed by atoms with Crippen LogP contribution in [0.15, 0.2) is 78.9 Å². The Morgan fingerprint density at radius 1 is 0.909 bits per heavy atom. The van der Waals surface area contributed by atoms with Crippen LogP contribution >= 0.6 is 0 Å². The van der Waals surface area contributed by atoms with Crippen molar-refractivity contribution in [3.8, 4) is 5.75 Å². The van der Waals surface area contributed by atoms with Gasteiger partial charge < -0.3 is 4.74 Å². The van der Waals surface area contributed by atoms with Gasteiger partial charge in [0, 0.05) is 12.1 Å². The van der Waals surface area contributed by atoms with Crippen molar-refractivity contribution in [3.63, 3.8) is 0 Å². The SMILES string of the molecule is COc1cccc([C@H]2[C@@H]3C(=O)N(c4cccc([N+](=O)[O-])c4)C(=O)[C@H]3ON2c2ccccc2)c1. The topological polar surface area (TPSA) is 102 Å². The van der Waals surface area contributed by atoms with Crippen LogP contribution in [0.3, 0.4) is 0 Å². The predicted octanol–water partition coefficient (Wildman–Crippen LogP) is 3.65. The van der Waals surface area contributed by atoms with Crippen molar-refractivity contribution in [2.24, 2.45) is 5.92 Å². The molecule has 2 aliphatic heterocycles. The van der Waals surface area contributed by atoms with E-state index in [9.17, 15) is 19.7 Å². The van der Waals surface area contributed by atoms with E-state index in [1.54, 1.807) is 24.3 Å². The van der Waals surface area contributed by atoms with E-state index in [0.717, 1.165) is 10.5 Å². The van der Waals surface area contributed by atoms with Crippen LogP contribution in [0.1, 0.15) is 11.6 Å². The average Bonchev–Trinajstić information content (AvgIpc) is 3.35. The molecule has 3 atom stereocenters. The van der Waals surface area contributed by atoms with Gasteiger partial charge in [-0.2, -0.15) is 0 Å². The van der Waals surface area contributed by atoms with Gasteiger partial charge in [-0.3, -0.25) is 24.5 Å². The highest BCUT2D eigenvalue weighted by Crippen LogP contribution is 2.48. The molecule has 5 rings (SSSR count). The van der Waals surface area contributed by atoms with Gasteiger partial charge in [0.15, 0.2) is 6.10 Å². The molecule has 2 saturated heterocycles. The Hall–Kier alpha value is -4.24. The fraction of sp³-hybridized carbons (Fsp3) is 0.167. The van der Waals surface area contributed by atoms with E-state index in [1.165, 1.54) is 24.3 Å². The number of carbonyl (C=O) groups excluding carboxylic acids is 2. The van der Waals surface area contributed by atoms with Gasteiger partial charge in [-0.1, -0.05) is 36.4 Å². The average molecular weight is 445 g/mol. The number of methoxy groups -OCH3 is 1. The van der Waals surface area contributed by atoms with Crippen LogP contribution in [0, 0.1) is 16.0 Å². The molecule has 9 heteroatoms. The summed E-state index contributed by atoms with van der Waals surface area (Å²) in [4.78, 5) is 44.6. The molecular weight excluding hydrogens is 426 g/mol. The molecule has 0 bridgehead atoms. The molecule has 0 spiro atoms. The van der Waals surface area contributed by atoms with Crippen molar-refractivity contribution in [3.05, 3.63) is 94.5 Å². The molecule has 3 aromatic rings. The maximum absolute atomic E-state index is 13.6. The summed E-state index contributed by atoms with van der Waals surface area (Å²) in [5.74, 6) is -1.27. The quantitative estimate of drug-likeness (QED) is 0.336. The van der Waals surface area contributed by atoms with E-state index in [1.807, 2.05) is 42.5 Å². The molecule has 0 aliphatic carbocycles. The molecule has 2 fully saturated rings. The van der Waals surface area contributed by atoms with Crippen molar-refractivity contribution in [1.29, 1.82) is 0 Å². The molecule has 0 unspecified atom stereocenters. The second-order valence-electron chi connectivity index (χ2n) is 7.72. The number of ether oxygens (including phenoxy) is 1. The zero-order valence-electron chi connectivity index (χ0n) is 17.5. The number of nitro groups is 1. The lowest BCUT2D eigenvalue weighted by molar-refractivity contribution is -0.384. The van der Waals surface area contributed by atoms with Gasteiger partial charge in [-0.05, 0) is 35.9 Å². The first-order chi connectivity index (χ1) is 16.0. The lowest BCUT2D eigenvalue weighted by Gasteiger charge is -2.28. The number of non-ortho nitro benzene ring substituents is 1. The van der Waals surface area contributed by atoms with Gasteiger partial charge in [0.1, 0.15) is 11.7 Å². The lowest BCUT2D eigenvalue weighted by Crippen LogP contribution is -2.37. The molecular formula is C24H19N3O6. The number of imide groups is 1. The first kappa shape index (κ1) is 20.7. The highest BCUT2D eigenvalue weighted by Gasteiger charge is 2.60. The van der Waals surface area contributed by atoms with Crippen LogP contribution in [-0.4, -0.2) is 30.0 Å². The number of para-hydroxylation sites is 1. The summed E-state index contributed by atoms with van der Waals surface area (Å²) < 4.78 is 5.36. The summed E-state index contributed by atoms with van der Waals surface area (Å²) in [6.45, 7) is 0. The maximum Gasteiger partial charge on any atom is 0.271 e. The van der Waals surface area contributed by atoms with Crippen molar-refractivity contribution >= 4 is 28.9 Å². The van der Waals surface area contributed by atoms with Crippen LogP contribution in [-0.2, 0) is 14.4 Å². The number of hydroxylamine groups is 1. The number of fused-ring (bicyclic) bond motifs is 1. The number of benzene rings is 3. The smallest absolute Gasteiger partial charge is 0.271 e. The molecule has 9 nitrogen and oxygen atoms in total. The molecule has 33 heavy (non-hydrogen) atoms. The van der Waals surface area contributed by atoms with Crippen LogP contribution in [0.25, 0.3) is 0 Å². The fourth-order valence-corrected chi connectivity index (χ4v) is 4.38. The standard InChI is InChI=1S/C24H19N3O6/c1-32-19-12-5-7-15(13-19)21-20-22(33-26(21)16-8-3-2-4-9-16)24(29)25(23(20)28)17-10-6-11-18(14-17)27(30)31/h2-14,20-22H,1H3/t20-,21-,22-/m0/s1. The minimum atomic E-state index is -1.06. The number of rotatable bonds is 5. The highest BCUT2D eigenvalue weighted by molar-refractivity contribution is 6.24. The molecule has 166 valence electrons. The maximum atomic E-state index is 13.6. The third-order valence-corrected chi connectivity index (χ3v) is 5.86. The zero-order valence-corrected chi connectivity index (χ0v) is 17.5. The number of amides is 2. The minimum absolute atomic E-state index is 0.146. The Morgan fingerprint density at radius 2 is 1.64 bits per heavy atom. The number of nitro benzene ring substituents is 1. The van der Waals surface area contributed by atoms with Gasteiger partial charge in [0.05, 0.1) is 29.4 Å². The Morgan fingerprint density at radius 3 is 2.36 bits per heavy atom. The second kappa shape index (κ2) is 8.03. The number of nitrogens with zero attached hydrogens (tertiary/aromatic N) is 3. The Kier molecular flexibility index (Phi) is 5.02. The van der Waals surface area contributed by atoms with Crippen LogP contribution in [0.5, 0.6) is 5.75 Å². The van der Waals surface area contributed by atoms with Crippen molar-refractivity contribution in [1.82, 2.24) is 0 Å². The fourth-order valence-electron chi connectivity index (χ4n) is 4.38. The molecule has 3 aromatic carbocycles. The summed E-state index contributed by atoms with van der Waals surface area (Å²) in [7, 11) is 1.55. The first-order valence-electron chi connectivity index (χ1n) is 10.3. The summed E-state index contributed by atoms with van der Waals surface area (Å²) >= 11 is 0. The van der Waals surface area contributed by atoms with E-state index in [-0.39, 0.29) is 11.4 Å². The summed E-state index contributed by atoms with van der Waals surface area (Å²) in [6, 6.07) is 21.3. The highest BCUT2D eigenvalue weighted by atomic mass is 16.7. The van der Waals surface area contributed by atoms with E-state index >= 15 is 0 Å². The molecule has 0 saturated carbocycles. The van der Waals surface area contributed by atoms with Crippen LogP contribution in [0.4, 0.5) is 17.1 Å². The van der Waals surface area contributed by atoms with Crippen LogP contribution in [0.2, 0.25) is 0 Å². The minimum Gasteiger partial charge on any atom is -0.497 e. The van der Waals surface area contributed by atoms with Crippen molar-refractivity contribution in [2.45, 2.75) is 12.1 Å². The monoisotopic (exact) mass is 445 g/mol. The summed E-state index contributed by atoms with van der Waals surface area (Å²) in [5.41, 5.74) is 1.38. The Balaban J connectivity index is 1.59. The number of hydrogen-bond acceptors (Lipinski definition) is 7. The second-order valence-corrected chi connectivity index (χ2v) is 7.72. The van der Waals surface area contributed by atoms with Crippen LogP contribution < -0.4 is 14.7 Å². The first-order valence-corrected chi connectivity index (χ1v) is 10.3.